The number of benzene rings is 2. The number of rotatable bonds is 5. The van der Waals surface area contributed by atoms with Crippen LogP contribution in [0.1, 0.15) is 6.92 Å². The fourth-order valence-electron chi connectivity index (χ4n) is 2.29. The van der Waals surface area contributed by atoms with Crippen LogP contribution in [0.4, 0.5) is 0 Å². The van der Waals surface area contributed by atoms with Gasteiger partial charge < -0.3 is 18.7 Å². The molecule has 0 aliphatic carbocycles. The molecule has 7 heteroatoms. The van der Waals surface area contributed by atoms with E-state index in [2.05, 4.69) is 10.1 Å². The van der Waals surface area contributed by atoms with Crippen molar-refractivity contribution in [1.82, 2.24) is 10.1 Å². The Morgan fingerprint density at radius 1 is 1.00 bits per heavy atom. The van der Waals surface area contributed by atoms with Gasteiger partial charge in [-0.05, 0) is 36.4 Å². The summed E-state index contributed by atoms with van der Waals surface area (Å²) >= 11 is 0. The van der Waals surface area contributed by atoms with Crippen LogP contribution in [0.3, 0.4) is 0 Å². The zero-order valence-electron chi connectivity index (χ0n) is 14.0. The van der Waals surface area contributed by atoms with Gasteiger partial charge in [-0.1, -0.05) is 11.2 Å². The Balaban J connectivity index is 1.91. The Morgan fingerprint density at radius 2 is 1.80 bits per heavy atom. The number of aromatic nitrogens is 2. The highest BCUT2D eigenvalue weighted by Gasteiger charge is 2.14. The molecule has 128 valence electrons. The van der Waals surface area contributed by atoms with Crippen molar-refractivity contribution in [2.24, 2.45) is 0 Å². The molecular weight excluding hydrogens is 324 g/mol. The molecule has 0 saturated carbocycles. The maximum Gasteiger partial charge on any atom is 0.308 e. The van der Waals surface area contributed by atoms with E-state index in [1.54, 1.807) is 50.6 Å². The van der Waals surface area contributed by atoms with E-state index in [9.17, 15) is 4.79 Å². The Hall–Kier alpha value is -3.35. The molecule has 0 aliphatic heterocycles. The molecule has 0 bridgehead atoms. The average Bonchev–Trinajstić information content (AvgIpc) is 3.11. The van der Waals surface area contributed by atoms with Gasteiger partial charge in [0.25, 0.3) is 5.89 Å². The average molecular weight is 340 g/mol. The summed E-state index contributed by atoms with van der Waals surface area (Å²) in [5.74, 6) is 1.93. The lowest BCUT2D eigenvalue weighted by atomic mass is 10.2. The molecule has 3 rings (SSSR count). The first kappa shape index (κ1) is 16.5. The topological polar surface area (TPSA) is 83.7 Å². The maximum absolute atomic E-state index is 11.1. The van der Waals surface area contributed by atoms with Gasteiger partial charge in [0.15, 0.2) is 11.5 Å². The van der Waals surface area contributed by atoms with Crippen LogP contribution >= 0.6 is 0 Å². The van der Waals surface area contributed by atoms with Gasteiger partial charge >= 0.3 is 5.97 Å². The monoisotopic (exact) mass is 340 g/mol. The maximum atomic E-state index is 11.1. The summed E-state index contributed by atoms with van der Waals surface area (Å²) in [7, 11) is 3.13. The number of hydrogen-bond acceptors (Lipinski definition) is 7. The third-order valence-electron chi connectivity index (χ3n) is 3.41. The van der Waals surface area contributed by atoms with Gasteiger partial charge in [-0.2, -0.15) is 4.98 Å². The Morgan fingerprint density at radius 3 is 2.52 bits per heavy atom. The summed E-state index contributed by atoms with van der Waals surface area (Å²) in [6.07, 6.45) is 0. The Kier molecular flexibility index (Phi) is 4.65. The lowest BCUT2D eigenvalue weighted by Crippen LogP contribution is -2.01. The van der Waals surface area contributed by atoms with Crippen molar-refractivity contribution < 1.29 is 23.5 Å². The molecule has 0 fully saturated rings. The molecule has 0 aliphatic rings. The van der Waals surface area contributed by atoms with Crippen LogP contribution in [-0.2, 0) is 4.79 Å². The molecule has 0 spiro atoms. The van der Waals surface area contributed by atoms with Crippen LogP contribution in [0.5, 0.6) is 17.2 Å². The lowest BCUT2D eigenvalue weighted by Gasteiger charge is -2.07. The van der Waals surface area contributed by atoms with Gasteiger partial charge in [0, 0.05) is 18.1 Å². The smallest absolute Gasteiger partial charge is 0.308 e. The summed E-state index contributed by atoms with van der Waals surface area (Å²) in [6.45, 7) is 1.34. The number of hydrogen-bond donors (Lipinski definition) is 0. The zero-order chi connectivity index (χ0) is 17.8. The van der Waals surface area contributed by atoms with Crippen LogP contribution in [0, 0.1) is 0 Å². The zero-order valence-corrected chi connectivity index (χ0v) is 14.0. The number of nitrogens with zero attached hydrogens (tertiary/aromatic N) is 2. The molecule has 7 nitrogen and oxygen atoms in total. The summed E-state index contributed by atoms with van der Waals surface area (Å²) in [4.78, 5) is 15.5. The third-order valence-corrected chi connectivity index (χ3v) is 3.41. The number of ether oxygens (including phenoxy) is 3. The lowest BCUT2D eigenvalue weighted by molar-refractivity contribution is -0.131. The Bertz CT molecular complexity index is 904. The van der Waals surface area contributed by atoms with E-state index < -0.39 is 5.97 Å². The van der Waals surface area contributed by atoms with Crippen molar-refractivity contribution in [3.05, 3.63) is 42.5 Å². The van der Waals surface area contributed by atoms with E-state index >= 15 is 0 Å². The molecule has 0 unspecified atom stereocenters. The molecule has 0 amide bonds. The number of carbonyl (C=O) groups excluding carboxylic acids is 1. The number of methoxy groups -OCH3 is 2. The highest BCUT2D eigenvalue weighted by atomic mass is 16.5. The molecule has 3 aromatic rings. The summed E-state index contributed by atoms with van der Waals surface area (Å²) < 4.78 is 20.9. The van der Waals surface area contributed by atoms with Gasteiger partial charge in [0.2, 0.25) is 5.82 Å². The van der Waals surface area contributed by atoms with Gasteiger partial charge in [-0.25, -0.2) is 0 Å². The quantitative estimate of drug-likeness (QED) is 0.520. The van der Waals surface area contributed by atoms with Gasteiger partial charge in [-0.15, -0.1) is 0 Å². The minimum atomic E-state index is -0.395. The first-order valence-electron chi connectivity index (χ1n) is 7.45. The second-order valence-electron chi connectivity index (χ2n) is 5.11. The van der Waals surface area contributed by atoms with Crippen LogP contribution in [0.15, 0.2) is 47.0 Å². The SMILES string of the molecule is COc1ccc(-c2noc(-c3cccc(OC(C)=O)c3)n2)cc1OC. The normalized spacial score (nSPS) is 10.4. The van der Waals surface area contributed by atoms with Crippen molar-refractivity contribution in [3.63, 3.8) is 0 Å². The highest BCUT2D eigenvalue weighted by Crippen LogP contribution is 2.32. The van der Waals surface area contributed by atoms with E-state index in [-0.39, 0.29) is 0 Å². The van der Waals surface area contributed by atoms with Gasteiger partial charge in [0.05, 0.1) is 14.2 Å². The first-order valence-corrected chi connectivity index (χ1v) is 7.45. The summed E-state index contributed by atoms with van der Waals surface area (Å²) in [5, 5.41) is 3.99. The van der Waals surface area contributed by atoms with Gasteiger partial charge in [-0.3, -0.25) is 4.79 Å². The van der Waals surface area contributed by atoms with E-state index in [1.165, 1.54) is 6.92 Å². The molecule has 25 heavy (non-hydrogen) atoms. The third kappa shape index (κ3) is 3.60. The molecule has 0 saturated heterocycles. The predicted octanol–water partition coefficient (Wildman–Crippen LogP) is 3.35. The second-order valence-corrected chi connectivity index (χ2v) is 5.11. The van der Waals surface area contributed by atoms with E-state index in [0.717, 1.165) is 5.56 Å². The van der Waals surface area contributed by atoms with E-state index in [1.807, 2.05) is 6.07 Å². The van der Waals surface area contributed by atoms with Crippen LogP contribution in [0.25, 0.3) is 22.8 Å². The molecule has 2 aromatic carbocycles. The largest absolute Gasteiger partial charge is 0.493 e. The first-order chi connectivity index (χ1) is 12.1. The fraction of sp³-hybridized carbons (Fsp3) is 0.167. The summed E-state index contributed by atoms with van der Waals surface area (Å²) in [6, 6.07) is 12.2. The van der Waals surface area contributed by atoms with Crippen LogP contribution in [-0.4, -0.2) is 30.3 Å². The second kappa shape index (κ2) is 7.04. The van der Waals surface area contributed by atoms with E-state index in [0.29, 0.717) is 34.5 Å². The molecule has 0 atom stereocenters. The number of esters is 1. The summed E-state index contributed by atoms with van der Waals surface area (Å²) in [5.41, 5.74) is 1.38. The standard InChI is InChI=1S/C18H16N2O5/c1-11(21)24-14-6-4-5-13(9-14)18-19-17(20-25-18)12-7-8-15(22-2)16(10-12)23-3/h4-10H,1-3H3. The van der Waals surface area contributed by atoms with Crippen molar-refractivity contribution in [3.8, 4) is 40.1 Å². The number of carbonyl (C=O) groups is 1. The Labute approximate surface area is 144 Å². The van der Waals surface area contributed by atoms with Crippen LogP contribution < -0.4 is 14.2 Å². The van der Waals surface area contributed by atoms with Crippen molar-refractivity contribution in [2.75, 3.05) is 14.2 Å². The molecule has 0 radical (unpaired) electrons. The van der Waals surface area contributed by atoms with Crippen molar-refractivity contribution in [2.45, 2.75) is 6.92 Å². The van der Waals surface area contributed by atoms with Gasteiger partial charge in [0.1, 0.15) is 5.75 Å². The predicted molar refractivity (Wildman–Crippen MR) is 89.6 cm³/mol. The van der Waals surface area contributed by atoms with E-state index in [4.69, 9.17) is 18.7 Å². The van der Waals surface area contributed by atoms with Crippen molar-refractivity contribution >= 4 is 5.97 Å². The minimum absolute atomic E-state index is 0.318. The van der Waals surface area contributed by atoms with Crippen LogP contribution in [0.2, 0.25) is 0 Å². The molecule has 1 heterocycles. The van der Waals surface area contributed by atoms with Crippen molar-refractivity contribution in [1.29, 1.82) is 0 Å². The fourth-order valence-corrected chi connectivity index (χ4v) is 2.29. The molecule has 1 aromatic heterocycles. The molecule has 0 N–H and O–H groups in total. The minimum Gasteiger partial charge on any atom is -0.493 e. The highest BCUT2D eigenvalue weighted by molar-refractivity contribution is 5.70. The molecular formula is C18H16N2O5.